The molecule has 1 saturated heterocycles. The summed E-state index contributed by atoms with van der Waals surface area (Å²) < 4.78 is 18.7. The molecular formula is C12H13FO2S. The molecule has 4 heteroatoms. The van der Waals surface area contributed by atoms with Gasteiger partial charge in [-0.25, -0.2) is 4.39 Å². The van der Waals surface area contributed by atoms with Crippen LogP contribution in [0.4, 0.5) is 4.39 Å². The molecule has 0 aliphatic carbocycles. The molecule has 0 saturated carbocycles. The number of hydrogen-bond acceptors (Lipinski definition) is 3. The van der Waals surface area contributed by atoms with Gasteiger partial charge in [-0.15, -0.1) is 0 Å². The highest BCUT2D eigenvalue weighted by Gasteiger charge is 2.27. The summed E-state index contributed by atoms with van der Waals surface area (Å²) in [7, 11) is 1.40. The van der Waals surface area contributed by atoms with E-state index in [2.05, 4.69) is 0 Å². The van der Waals surface area contributed by atoms with E-state index in [4.69, 9.17) is 4.74 Å². The SMILES string of the molecule is COc1cccc(C(=O)C2CCCS2)c1F. The molecule has 16 heavy (non-hydrogen) atoms. The number of hydrogen-bond donors (Lipinski definition) is 0. The third-order valence-electron chi connectivity index (χ3n) is 2.67. The predicted octanol–water partition coefficient (Wildman–Crippen LogP) is 2.91. The molecule has 0 N–H and O–H groups in total. The molecule has 0 aromatic heterocycles. The van der Waals surface area contributed by atoms with Crippen molar-refractivity contribution in [3.63, 3.8) is 0 Å². The third kappa shape index (κ3) is 2.07. The Bertz CT molecular complexity index is 400. The largest absolute Gasteiger partial charge is 0.494 e. The first-order chi connectivity index (χ1) is 7.74. The Morgan fingerprint density at radius 3 is 3.00 bits per heavy atom. The Labute approximate surface area is 98.2 Å². The van der Waals surface area contributed by atoms with Crippen LogP contribution in [0.5, 0.6) is 5.75 Å². The van der Waals surface area contributed by atoms with Gasteiger partial charge in [0, 0.05) is 0 Å². The number of Topliss-reactive ketones (excluding diaryl/α,β-unsaturated/α-hetero) is 1. The number of ketones is 1. The van der Waals surface area contributed by atoms with Crippen LogP contribution in [0.15, 0.2) is 18.2 Å². The van der Waals surface area contributed by atoms with Gasteiger partial charge in [-0.3, -0.25) is 4.79 Å². The maximum atomic E-state index is 13.8. The van der Waals surface area contributed by atoms with Gasteiger partial charge in [0.2, 0.25) is 0 Å². The Balaban J connectivity index is 2.29. The van der Waals surface area contributed by atoms with Crippen LogP contribution in [0.25, 0.3) is 0 Å². The molecule has 1 aromatic carbocycles. The maximum Gasteiger partial charge on any atom is 0.178 e. The molecule has 1 unspecified atom stereocenters. The Hall–Kier alpha value is -1.03. The highest BCUT2D eigenvalue weighted by Crippen LogP contribution is 2.31. The Morgan fingerprint density at radius 1 is 1.56 bits per heavy atom. The van der Waals surface area contributed by atoms with Crippen LogP contribution in [-0.2, 0) is 0 Å². The standard InChI is InChI=1S/C12H13FO2S/c1-15-9-5-2-4-8(11(9)13)12(14)10-6-3-7-16-10/h2,4-5,10H,3,6-7H2,1H3. The minimum absolute atomic E-state index is 0.0818. The molecule has 1 fully saturated rings. The predicted molar refractivity (Wildman–Crippen MR) is 62.8 cm³/mol. The van der Waals surface area contributed by atoms with Crippen LogP contribution in [0.2, 0.25) is 0 Å². The minimum Gasteiger partial charge on any atom is -0.494 e. The zero-order valence-electron chi connectivity index (χ0n) is 9.03. The summed E-state index contributed by atoms with van der Waals surface area (Å²) in [4.78, 5) is 12.0. The van der Waals surface area contributed by atoms with E-state index in [1.807, 2.05) is 0 Å². The second kappa shape index (κ2) is 4.87. The second-order valence-electron chi connectivity index (χ2n) is 3.69. The van der Waals surface area contributed by atoms with Gasteiger partial charge in [0.1, 0.15) is 0 Å². The van der Waals surface area contributed by atoms with Crippen molar-refractivity contribution in [1.29, 1.82) is 0 Å². The smallest absolute Gasteiger partial charge is 0.178 e. The number of methoxy groups -OCH3 is 1. The van der Waals surface area contributed by atoms with Crippen molar-refractivity contribution >= 4 is 17.5 Å². The highest BCUT2D eigenvalue weighted by molar-refractivity contribution is 8.00. The average Bonchev–Trinajstić information content (AvgIpc) is 2.82. The van der Waals surface area contributed by atoms with E-state index in [-0.39, 0.29) is 22.3 Å². The summed E-state index contributed by atoms with van der Waals surface area (Å²) in [6.07, 6.45) is 1.88. The van der Waals surface area contributed by atoms with Crippen molar-refractivity contribution in [2.75, 3.05) is 12.9 Å². The minimum atomic E-state index is -0.539. The van der Waals surface area contributed by atoms with Crippen LogP contribution in [0, 0.1) is 5.82 Å². The highest BCUT2D eigenvalue weighted by atomic mass is 32.2. The third-order valence-corrected chi connectivity index (χ3v) is 4.05. The van der Waals surface area contributed by atoms with E-state index >= 15 is 0 Å². The number of halogens is 1. The molecule has 0 amide bonds. The molecule has 0 spiro atoms. The van der Waals surface area contributed by atoms with E-state index in [0.717, 1.165) is 18.6 Å². The number of ether oxygens (including phenoxy) is 1. The zero-order valence-corrected chi connectivity index (χ0v) is 9.85. The first-order valence-corrected chi connectivity index (χ1v) is 6.27. The monoisotopic (exact) mass is 240 g/mol. The van der Waals surface area contributed by atoms with Gasteiger partial charge in [-0.05, 0) is 30.7 Å². The lowest BCUT2D eigenvalue weighted by atomic mass is 10.0. The fourth-order valence-electron chi connectivity index (χ4n) is 1.82. The molecule has 86 valence electrons. The van der Waals surface area contributed by atoms with E-state index in [0.29, 0.717) is 0 Å². The quantitative estimate of drug-likeness (QED) is 0.760. The summed E-state index contributed by atoms with van der Waals surface area (Å²) in [6.45, 7) is 0. The van der Waals surface area contributed by atoms with Crippen molar-refractivity contribution in [2.24, 2.45) is 0 Å². The molecule has 1 atom stereocenters. The summed E-state index contributed by atoms with van der Waals surface area (Å²) >= 11 is 1.61. The molecule has 1 aromatic rings. The van der Waals surface area contributed by atoms with Crippen LogP contribution >= 0.6 is 11.8 Å². The van der Waals surface area contributed by atoms with E-state index in [9.17, 15) is 9.18 Å². The van der Waals surface area contributed by atoms with Crippen molar-refractivity contribution < 1.29 is 13.9 Å². The molecule has 1 aliphatic rings. The van der Waals surface area contributed by atoms with Crippen molar-refractivity contribution in [1.82, 2.24) is 0 Å². The van der Waals surface area contributed by atoms with Crippen molar-refractivity contribution in [3.8, 4) is 5.75 Å². The lowest BCUT2D eigenvalue weighted by Crippen LogP contribution is -2.16. The number of carbonyl (C=O) groups excluding carboxylic acids is 1. The van der Waals surface area contributed by atoms with Crippen LogP contribution in [0.3, 0.4) is 0 Å². The molecule has 1 aliphatic heterocycles. The van der Waals surface area contributed by atoms with E-state index in [1.54, 1.807) is 17.8 Å². The zero-order chi connectivity index (χ0) is 11.5. The summed E-state index contributed by atoms with van der Waals surface area (Å²) in [5.41, 5.74) is 0.152. The number of rotatable bonds is 3. The van der Waals surface area contributed by atoms with Crippen molar-refractivity contribution in [3.05, 3.63) is 29.6 Å². The van der Waals surface area contributed by atoms with Crippen LogP contribution < -0.4 is 4.74 Å². The van der Waals surface area contributed by atoms with Crippen LogP contribution in [-0.4, -0.2) is 23.9 Å². The van der Waals surface area contributed by atoms with Gasteiger partial charge in [-0.2, -0.15) is 11.8 Å². The van der Waals surface area contributed by atoms with E-state index in [1.165, 1.54) is 19.2 Å². The van der Waals surface area contributed by atoms with E-state index < -0.39 is 5.82 Å². The molecular weight excluding hydrogens is 227 g/mol. The van der Waals surface area contributed by atoms with Gasteiger partial charge >= 0.3 is 0 Å². The lowest BCUT2D eigenvalue weighted by molar-refractivity contribution is 0.0984. The molecule has 2 nitrogen and oxygen atoms in total. The normalized spacial score (nSPS) is 19.8. The summed E-state index contributed by atoms with van der Waals surface area (Å²) in [5, 5.41) is -0.0818. The lowest BCUT2D eigenvalue weighted by Gasteiger charge is -2.10. The molecule has 1 heterocycles. The molecule has 0 radical (unpaired) electrons. The molecule has 0 bridgehead atoms. The van der Waals surface area contributed by atoms with Gasteiger partial charge in [0.15, 0.2) is 17.3 Å². The second-order valence-corrected chi connectivity index (χ2v) is 5.00. The van der Waals surface area contributed by atoms with Gasteiger partial charge in [0.25, 0.3) is 0 Å². The molecule has 2 rings (SSSR count). The number of benzene rings is 1. The van der Waals surface area contributed by atoms with Gasteiger partial charge < -0.3 is 4.74 Å². The fraction of sp³-hybridized carbons (Fsp3) is 0.417. The van der Waals surface area contributed by atoms with Crippen LogP contribution in [0.1, 0.15) is 23.2 Å². The number of carbonyl (C=O) groups is 1. The topological polar surface area (TPSA) is 26.3 Å². The van der Waals surface area contributed by atoms with Gasteiger partial charge in [-0.1, -0.05) is 6.07 Å². The number of thioether (sulfide) groups is 1. The van der Waals surface area contributed by atoms with Gasteiger partial charge in [0.05, 0.1) is 17.9 Å². The first-order valence-electron chi connectivity index (χ1n) is 5.22. The average molecular weight is 240 g/mol. The fourth-order valence-corrected chi connectivity index (χ4v) is 3.05. The summed E-state index contributed by atoms with van der Waals surface area (Å²) in [5.74, 6) is 0.470. The Kier molecular flexibility index (Phi) is 3.49. The first kappa shape index (κ1) is 11.5. The Morgan fingerprint density at radius 2 is 2.38 bits per heavy atom. The summed E-state index contributed by atoms with van der Waals surface area (Å²) in [6, 6.07) is 4.70. The van der Waals surface area contributed by atoms with Crippen molar-refractivity contribution in [2.45, 2.75) is 18.1 Å². The maximum absolute atomic E-state index is 13.8.